The van der Waals surface area contributed by atoms with Crippen LogP contribution in [-0.4, -0.2) is 12.2 Å². The number of halogens is 3. The van der Waals surface area contributed by atoms with Crippen LogP contribution in [0.5, 0.6) is 0 Å². The van der Waals surface area contributed by atoms with Gasteiger partial charge in [-0.15, -0.1) is 0 Å². The minimum Gasteiger partial charge on any atom is -0.310 e. The molecule has 0 bridgehead atoms. The Morgan fingerprint density at radius 2 is 1.94 bits per heavy atom. The molecule has 0 amide bonds. The highest BCUT2D eigenvalue weighted by atomic mass is 32.1. The summed E-state index contributed by atoms with van der Waals surface area (Å²) >= 11 is 1.64. The van der Waals surface area contributed by atoms with Crippen molar-refractivity contribution >= 4 is 11.3 Å². The molecule has 1 nitrogen and oxygen atoms in total. The number of hydrogen-bond acceptors (Lipinski definition) is 2. The molecule has 1 N–H and O–H groups in total. The maximum atomic E-state index is 12.5. The molecule has 0 aromatic carbocycles. The summed E-state index contributed by atoms with van der Waals surface area (Å²) in [6.45, 7) is 0.769. The molecular formula is C12H16F3NS. The SMILES string of the molecule is FC(F)(F)C1CCC(NCc2ccsc2)CC1. The van der Waals surface area contributed by atoms with Gasteiger partial charge in [-0.25, -0.2) is 0 Å². The Balaban J connectivity index is 1.72. The lowest BCUT2D eigenvalue weighted by atomic mass is 9.85. The van der Waals surface area contributed by atoms with E-state index in [9.17, 15) is 13.2 Å². The minimum atomic E-state index is -4.00. The predicted octanol–water partition coefficient (Wildman–Crippen LogP) is 3.96. The first-order chi connectivity index (χ1) is 8.05. The van der Waals surface area contributed by atoms with Crippen molar-refractivity contribution in [1.29, 1.82) is 0 Å². The summed E-state index contributed by atoms with van der Waals surface area (Å²) in [7, 11) is 0. The lowest BCUT2D eigenvalue weighted by Crippen LogP contribution is -2.36. The third-order valence-corrected chi connectivity index (χ3v) is 4.10. The Bertz CT molecular complexity index is 326. The van der Waals surface area contributed by atoms with E-state index >= 15 is 0 Å². The average molecular weight is 263 g/mol. The first-order valence-corrected chi connectivity index (χ1v) is 6.81. The van der Waals surface area contributed by atoms with Crippen LogP contribution in [-0.2, 0) is 6.54 Å². The van der Waals surface area contributed by atoms with Gasteiger partial charge in [0.25, 0.3) is 0 Å². The first-order valence-electron chi connectivity index (χ1n) is 5.87. The highest BCUT2D eigenvalue weighted by Gasteiger charge is 2.41. The molecule has 1 saturated carbocycles. The minimum absolute atomic E-state index is 0.244. The van der Waals surface area contributed by atoms with Crippen LogP contribution in [0.3, 0.4) is 0 Å². The molecule has 0 saturated heterocycles. The summed E-state index contributed by atoms with van der Waals surface area (Å²) in [4.78, 5) is 0. The second kappa shape index (κ2) is 5.40. The highest BCUT2D eigenvalue weighted by molar-refractivity contribution is 7.07. The van der Waals surface area contributed by atoms with Crippen molar-refractivity contribution in [2.75, 3.05) is 0 Å². The molecule has 1 aromatic heterocycles. The standard InChI is InChI=1S/C12H16F3NS/c13-12(14,15)10-1-3-11(4-2-10)16-7-9-5-6-17-8-9/h5-6,8,10-11,16H,1-4,7H2. The van der Waals surface area contributed by atoms with Gasteiger partial charge in [-0.2, -0.15) is 24.5 Å². The molecular weight excluding hydrogens is 247 g/mol. The normalized spacial score (nSPS) is 26.1. The summed E-state index contributed by atoms with van der Waals surface area (Å²) in [5.74, 6) is -1.08. The van der Waals surface area contributed by atoms with Gasteiger partial charge in [0.1, 0.15) is 0 Å². The molecule has 5 heteroatoms. The lowest BCUT2D eigenvalue weighted by Gasteiger charge is -2.30. The molecule has 0 aliphatic heterocycles. The molecule has 0 atom stereocenters. The zero-order chi connectivity index (χ0) is 12.3. The Hall–Kier alpha value is -0.550. The van der Waals surface area contributed by atoms with Crippen LogP contribution < -0.4 is 5.32 Å². The van der Waals surface area contributed by atoms with Crippen molar-refractivity contribution in [3.05, 3.63) is 22.4 Å². The van der Waals surface area contributed by atoms with Crippen molar-refractivity contribution in [2.24, 2.45) is 5.92 Å². The van der Waals surface area contributed by atoms with Crippen molar-refractivity contribution < 1.29 is 13.2 Å². The zero-order valence-electron chi connectivity index (χ0n) is 9.46. The summed E-state index contributed by atoms with van der Waals surface area (Å²) in [5.41, 5.74) is 1.22. The Morgan fingerprint density at radius 3 is 2.47 bits per heavy atom. The van der Waals surface area contributed by atoms with Crippen LogP contribution in [0.4, 0.5) is 13.2 Å². The van der Waals surface area contributed by atoms with E-state index in [0.29, 0.717) is 12.8 Å². The number of alkyl halides is 3. The smallest absolute Gasteiger partial charge is 0.310 e. The number of thiophene rings is 1. The van der Waals surface area contributed by atoms with E-state index < -0.39 is 12.1 Å². The van der Waals surface area contributed by atoms with Crippen molar-refractivity contribution in [3.8, 4) is 0 Å². The fourth-order valence-corrected chi connectivity index (χ4v) is 2.95. The molecule has 1 heterocycles. The molecule has 0 radical (unpaired) electrons. The zero-order valence-corrected chi connectivity index (χ0v) is 10.3. The van der Waals surface area contributed by atoms with Gasteiger partial charge in [-0.1, -0.05) is 0 Å². The van der Waals surface area contributed by atoms with E-state index in [1.54, 1.807) is 11.3 Å². The molecule has 1 aromatic rings. The van der Waals surface area contributed by atoms with E-state index in [0.717, 1.165) is 6.54 Å². The number of nitrogens with one attached hydrogen (secondary N) is 1. The monoisotopic (exact) mass is 263 g/mol. The van der Waals surface area contributed by atoms with Crippen LogP contribution in [0, 0.1) is 5.92 Å². The Kier molecular flexibility index (Phi) is 4.09. The van der Waals surface area contributed by atoms with Gasteiger partial charge in [-0.3, -0.25) is 0 Å². The van der Waals surface area contributed by atoms with Gasteiger partial charge >= 0.3 is 6.18 Å². The lowest BCUT2D eigenvalue weighted by molar-refractivity contribution is -0.182. The van der Waals surface area contributed by atoms with Gasteiger partial charge in [0.15, 0.2) is 0 Å². The average Bonchev–Trinajstić information content (AvgIpc) is 2.78. The third-order valence-electron chi connectivity index (χ3n) is 3.37. The van der Waals surface area contributed by atoms with Crippen LogP contribution in [0.25, 0.3) is 0 Å². The molecule has 96 valence electrons. The van der Waals surface area contributed by atoms with Crippen LogP contribution in [0.1, 0.15) is 31.2 Å². The largest absolute Gasteiger partial charge is 0.391 e. The van der Waals surface area contributed by atoms with E-state index in [-0.39, 0.29) is 18.9 Å². The molecule has 2 rings (SSSR count). The number of hydrogen-bond donors (Lipinski definition) is 1. The molecule has 0 unspecified atom stereocenters. The summed E-state index contributed by atoms with van der Waals surface area (Å²) < 4.78 is 37.4. The predicted molar refractivity (Wildman–Crippen MR) is 63.0 cm³/mol. The second-order valence-corrected chi connectivity index (χ2v) is 5.38. The van der Waals surface area contributed by atoms with Gasteiger partial charge < -0.3 is 5.32 Å². The van der Waals surface area contributed by atoms with Crippen molar-refractivity contribution in [2.45, 2.75) is 44.4 Å². The molecule has 1 aliphatic rings. The topological polar surface area (TPSA) is 12.0 Å². The van der Waals surface area contributed by atoms with E-state index in [1.807, 2.05) is 11.4 Å². The molecule has 17 heavy (non-hydrogen) atoms. The second-order valence-electron chi connectivity index (χ2n) is 4.60. The summed E-state index contributed by atoms with van der Waals surface area (Å²) in [5, 5.41) is 7.41. The van der Waals surface area contributed by atoms with Gasteiger partial charge in [-0.05, 0) is 48.1 Å². The van der Waals surface area contributed by atoms with Crippen molar-refractivity contribution in [1.82, 2.24) is 5.32 Å². The summed E-state index contributed by atoms with van der Waals surface area (Å²) in [6.07, 6.45) is -2.20. The van der Waals surface area contributed by atoms with Gasteiger partial charge in [0.05, 0.1) is 5.92 Å². The third kappa shape index (κ3) is 3.71. The van der Waals surface area contributed by atoms with E-state index in [4.69, 9.17) is 0 Å². The van der Waals surface area contributed by atoms with Gasteiger partial charge in [0.2, 0.25) is 0 Å². The maximum Gasteiger partial charge on any atom is 0.391 e. The van der Waals surface area contributed by atoms with E-state index in [2.05, 4.69) is 10.7 Å². The van der Waals surface area contributed by atoms with Crippen LogP contribution in [0.15, 0.2) is 16.8 Å². The fraction of sp³-hybridized carbons (Fsp3) is 0.667. The van der Waals surface area contributed by atoms with Crippen LogP contribution in [0.2, 0.25) is 0 Å². The highest BCUT2D eigenvalue weighted by Crippen LogP contribution is 2.37. The number of rotatable bonds is 3. The summed E-state index contributed by atoms with van der Waals surface area (Å²) in [6, 6.07) is 2.28. The van der Waals surface area contributed by atoms with Gasteiger partial charge in [0, 0.05) is 12.6 Å². The molecule has 1 fully saturated rings. The Labute approximate surface area is 103 Å². The maximum absolute atomic E-state index is 12.5. The van der Waals surface area contributed by atoms with Crippen LogP contribution >= 0.6 is 11.3 Å². The first kappa shape index (κ1) is 12.9. The van der Waals surface area contributed by atoms with E-state index in [1.165, 1.54) is 5.56 Å². The quantitative estimate of drug-likeness (QED) is 0.870. The van der Waals surface area contributed by atoms with Crippen molar-refractivity contribution in [3.63, 3.8) is 0 Å². The molecule has 0 spiro atoms. The Morgan fingerprint density at radius 1 is 1.24 bits per heavy atom. The fourth-order valence-electron chi connectivity index (χ4n) is 2.28. The molecule has 1 aliphatic carbocycles.